The molecule has 1 fully saturated rings. The highest BCUT2D eigenvalue weighted by molar-refractivity contribution is 5.86. The highest BCUT2D eigenvalue weighted by Crippen LogP contribution is 2.18. The van der Waals surface area contributed by atoms with Gasteiger partial charge in [0.25, 0.3) is 0 Å². The van der Waals surface area contributed by atoms with Crippen molar-refractivity contribution in [1.82, 2.24) is 15.5 Å². The molecule has 1 atom stereocenters. The van der Waals surface area contributed by atoms with Crippen molar-refractivity contribution in [2.24, 2.45) is 10.9 Å². The van der Waals surface area contributed by atoms with Crippen LogP contribution in [-0.4, -0.2) is 76.4 Å². The fourth-order valence-electron chi connectivity index (χ4n) is 3.16. The Morgan fingerprint density at radius 1 is 1.21 bits per heavy atom. The summed E-state index contributed by atoms with van der Waals surface area (Å²) in [6.07, 6.45) is 0.905. The van der Waals surface area contributed by atoms with Gasteiger partial charge >= 0.3 is 0 Å². The minimum absolute atomic E-state index is 0.129. The summed E-state index contributed by atoms with van der Waals surface area (Å²) < 4.78 is 11.0. The van der Waals surface area contributed by atoms with Gasteiger partial charge in [0.05, 0.1) is 19.1 Å². The molecule has 1 amide bonds. The Labute approximate surface area is 174 Å². The van der Waals surface area contributed by atoms with Gasteiger partial charge in [0, 0.05) is 46.4 Å². The lowest BCUT2D eigenvalue weighted by Gasteiger charge is -2.31. The number of benzene rings is 1. The first kappa shape index (κ1) is 23.2. The second-order valence-corrected chi connectivity index (χ2v) is 7.60. The van der Waals surface area contributed by atoms with Crippen LogP contribution in [0.25, 0.3) is 0 Å². The molecule has 1 aromatic rings. The van der Waals surface area contributed by atoms with E-state index < -0.39 is 0 Å². The number of rotatable bonds is 10. The van der Waals surface area contributed by atoms with E-state index in [-0.39, 0.29) is 11.8 Å². The van der Waals surface area contributed by atoms with Gasteiger partial charge in [0.2, 0.25) is 5.91 Å². The summed E-state index contributed by atoms with van der Waals surface area (Å²) in [6.45, 7) is 9.55. The van der Waals surface area contributed by atoms with Crippen molar-refractivity contribution >= 4 is 11.9 Å². The zero-order valence-corrected chi connectivity index (χ0v) is 18.0. The molecule has 0 spiro atoms. The Hall–Kier alpha value is -2.12. The third-order valence-corrected chi connectivity index (χ3v) is 4.73. The maximum Gasteiger partial charge on any atom is 0.232 e. The summed E-state index contributed by atoms with van der Waals surface area (Å²) in [4.78, 5) is 19.3. The van der Waals surface area contributed by atoms with Crippen LogP contribution in [0.15, 0.2) is 35.3 Å². The zero-order valence-electron chi connectivity index (χ0n) is 18.0. The number of guanidine groups is 1. The highest BCUT2D eigenvalue weighted by atomic mass is 16.5. The minimum Gasteiger partial charge on any atom is -0.381 e. The average Bonchev–Trinajstić information content (AvgIpc) is 2.75. The second kappa shape index (κ2) is 13.2. The summed E-state index contributed by atoms with van der Waals surface area (Å²) in [5.41, 5.74) is 1.01. The first-order valence-electron chi connectivity index (χ1n) is 10.6. The maximum atomic E-state index is 13.1. The molecule has 1 saturated heterocycles. The first-order chi connectivity index (χ1) is 14.1. The summed E-state index contributed by atoms with van der Waals surface area (Å²) in [5.74, 6) is 1.12. The molecular formula is C22H36N4O3. The Kier molecular flexibility index (Phi) is 10.5. The number of amides is 1. The molecule has 1 aliphatic heterocycles. The van der Waals surface area contributed by atoms with Crippen LogP contribution < -0.4 is 10.6 Å². The number of nitrogens with one attached hydrogen (secondary N) is 2. The molecule has 0 aromatic heterocycles. The van der Waals surface area contributed by atoms with Crippen LogP contribution in [0.3, 0.4) is 0 Å². The number of nitrogens with zero attached hydrogens (tertiary/aromatic N) is 2. The molecule has 1 aromatic carbocycles. The fraction of sp³-hybridized carbons (Fsp3) is 0.636. The maximum absolute atomic E-state index is 13.1. The molecular weight excluding hydrogens is 368 g/mol. The molecule has 1 heterocycles. The summed E-state index contributed by atoms with van der Waals surface area (Å²) in [5, 5.41) is 6.61. The van der Waals surface area contributed by atoms with Crippen LogP contribution >= 0.6 is 0 Å². The molecule has 29 heavy (non-hydrogen) atoms. The topological polar surface area (TPSA) is 75.2 Å². The zero-order chi connectivity index (χ0) is 20.9. The molecule has 0 bridgehead atoms. The normalized spacial score (nSPS) is 16.0. The molecule has 0 saturated carbocycles. The third kappa shape index (κ3) is 8.41. The number of hydrogen-bond acceptors (Lipinski definition) is 4. The van der Waals surface area contributed by atoms with Crippen LogP contribution in [0, 0.1) is 5.92 Å². The Morgan fingerprint density at radius 3 is 2.59 bits per heavy atom. The van der Waals surface area contributed by atoms with E-state index in [0.29, 0.717) is 44.7 Å². The smallest absolute Gasteiger partial charge is 0.232 e. The first-order valence-corrected chi connectivity index (χ1v) is 10.6. The predicted octanol–water partition coefficient (Wildman–Crippen LogP) is 1.86. The number of carbonyl (C=O) groups excluding carboxylic acids is 1. The van der Waals surface area contributed by atoms with Crippen molar-refractivity contribution in [3.63, 3.8) is 0 Å². The SMILES string of the molecule is CN=C(NCCCOCC(C)C)NCC(C(=O)N1CCOCC1)c1ccccc1. The summed E-state index contributed by atoms with van der Waals surface area (Å²) >= 11 is 0. The van der Waals surface area contributed by atoms with E-state index in [9.17, 15) is 4.79 Å². The second-order valence-electron chi connectivity index (χ2n) is 7.60. The van der Waals surface area contributed by atoms with E-state index in [2.05, 4.69) is 29.5 Å². The molecule has 1 unspecified atom stereocenters. The molecule has 7 heteroatoms. The van der Waals surface area contributed by atoms with E-state index in [1.54, 1.807) is 7.05 Å². The van der Waals surface area contributed by atoms with Gasteiger partial charge in [-0.2, -0.15) is 0 Å². The molecule has 2 N–H and O–H groups in total. The Bertz CT molecular complexity index is 616. The number of aliphatic imine (C=N–C) groups is 1. The van der Waals surface area contributed by atoms with Crippen molar-refractivity contribution in [3.8, 4) is 0 Å². The fourth-order valence-corrected chi connectivity index (χ4v) is 3.16. The number of morpholine rings is 1. The van der Waals surface area contributed by atoms with Crippen molar-refractivity contribution in [1.29, 1.82) is 0 Å². The van der Waals surface area contributed by atoms with Gasteiger partial charge in [-0.05, 0) is 17.9 Å². The van der Waals surface area contributed by atoms with E-state index in [1.807, 2.05) is 35.2 Å². The van der Waals surface area contributed by atoms with Crippen molar-refractivity contribution in [3.05, 3.63) is 35.9 Å². The van der Waals surface area contributed by atoms with E-state index in [0.717, 1.165) is 31.7 Å². The van der Waals surface area contributed by atoms with Crippen molar-refractivity contribution in [2.45, 2.75) is 26.2 Å². The number of carbonyl (C=O) groups is 1. The van der Waals surface area contributed by atoms with E-state index >= 15 is 0 Å². The van der Waals surface area contributed by atoms with Gasteiger partial charge in [0.15, 0.2) is 5.96 Å². The molecule has 0 radical (unpaired) electrons. The van der Waals surface area contributed by atoms with Crippen LogP contribution in [-0.2, 0) is 14.3 Å². The summed E-state index contributed by atoms with van der Waals surface area (Å²) in [7, 11) is 1.74. The molecule has 7 nitrogen and oxygen atoms in total. The molecule has 162 valence electrons. The highest BCUT2D eigenvalue weighted by Gasteiger charge is 2.27. The van der Waals surface area contributed by atoms with Crippen LogP contribution in [0.2, 0.25) is 0 Å². The lowest BCUT2D eigenvalue weighted by Crippen LogP contribution is -2.47. The predicted molar refractivity (Wildman–Crippen MR) is 116 cm³/mol. The standard InChI is InChI=1S/C22H36N4O3/c1-18(2)17-29-13-7-10-24-22(23-3)25-16-20(19-8-5-4-6-9-19)21(27)26-11-14-28-15-12-26/h4-6,8-9,18,20H,7,10-17H2,1-3H3,(H2,23,24,25). The van der Waals surface area contributed by atoms with Gasteiger partial charge in [-0.25, -0.2) is 0 Å². The lowest BCUT2D eigenvalue weighted by atomic mass is 9.97. The quantitative estimate of drug-likeness (QED) is 0.354. The molecule has 0 aliphatic carbocycles. The van der Waals surface area contributed by atoms with Crippen molar-refractivity contribution in [2.75, 3.05) is 59.7 Å². The molecule has 2 rings (SSSR count). The largest absolute Gasteiger partial charge is 0.381 e. The summed E-state index contributed by atoms with van der Waals surface area (Å²) in [6, 6.07) is 9.92. The van der Waals surface area contributed by atoms with Crippen LogP contribution in [0.1, 0.15) is 31.7 Å². The van der Waals surface area contributed by atoms with Gasteiger partial charge in [0.1, 0.15) is 0 Å². The van der Waals surface area contributed by atoms with Crippen LogP contribution in [0.5, 0.6) is 0 Å². The van der Waals surface area contributed by atoms with E-state index in [1.165, 1.54) is 0 Å². The third-order valence-electron chi connectivity index (χ3n) is 4.73. The number of hydrogen-bond donors (Lipinski definition) is 2. The monoisotopic (exact) mass is 404 g/mol. The Morgan fingerprint density at radius 2 is 1.93 bits per heavy atom. The Balaban J connectivity index is 1.86. The van der Waals surface area contributed by atoms with Gasteiger partial charge in [-0.3, -0.25) is 9.79 Å². The minimum atomic E-state index is -0.262. The average molecular weight is 405 g/mol. The van der Waals surface area contributed by atoms with Crippen molar-refractivity contribution < 1.29 is 14.3 Å². The number of ether oxygens (including phenoxy) is 2. The van der Waals surface area contributed by atoms with E-state index in [4.69, 9.17) is 9.47 Å². The van der Waals surface area contributed by atoms with Crippen LogP contribution in [0.4, 0.5) is 0 Å². The lowest BCUT2D eigenvalue weighted by molar-refractivity contribution is -0.136. The van der Waals surface area contributed by atoms with Gasteiger partial charge < -0.3 is 25.0 Å². The van der Waals surface area contributed by atoms with Gasteiger partial charge in [-0.1, -0.05) is 44.2 Å². The van der Waals surface area contributed by atoms with Gasteiger partial charge in [-0.15, -0.1) is 0 Å². The molecule has 1 aliphatic rings.